The SMILES string of the molecule is CCN1C(=O)CCc2cc(NC(=O)c3cnccn3)ccc21. The number of hydrogen-bond acceptors (Lipinski definition) is 4. The Morgan fingerprint density at radius 2 is 2.18 bits per heavy atom. The van der Waals surface area contributed by atoms with E-state index in [1.54, 1.807) is 11.0 Å². The zero-order valence-electron chi connectivity index (χ0n) is 12.2. The van der Waals surface area contributed by atoms with Gasteiger partial charge < -0.3 is 10.2 Å². The van der Waals surface area contributed by atoms with E-state index < -0.39 is 0 Å². The number of nitrogens with one attached hydrogen (secondary N) is 1. The Morgan fingerprint density at radius 3 is 2.91 bits per heavy atom. The second kappa shape index (κ2) is 5.93. The molecule has 2 aromatic rings. The predicted molar refractivity (Wildman–Crippen MR) is 82.8 cm³/mol. The van der Waals surface area contributed by atoms with Crippen LogP contribution in [0.1, 0.15) is 29.4 Å². The molecular weight excluding hydrogens is 280 g/mol. The van der Waals surface area contributed by atoms with Crippen molar-refractivity contribution in [3.63, 3.8) is 0 Å². The third kappa shape index (κ3) is 2.67. The summed E-state index contributed by atoms with van der Waals surface area (Å²) in [5.74, 6) is -0.154. The first-order valence-electron chi connectivity index (χ1n) is 7.19. The lowest BCUT2D eigenvalue weighted by Gasteiger charge is -2.28. The summed E-state index contributed by atoms with van der Waals surface area (Å²) in [4.78, 5) is 33.6. The first kappa shape index (κ1) is 14.2. The number of rotatable bonds is 3. The molecular formula is C16H16N4O2. The Hall–Kier alpha value is -2.76. The zero-order chi connectivity index (χ0) is 15.5. The van der Waals surface area contributed by atoms with Crippen LogP contribution in [0.15, 0.2) is 36.8 Å². The minimum Gasteiger partial charge on any atom is -0.321 e. The molecule has 6 heteroatoms. The van der Waals surface area contributed by atoms with Crippen LogP contribution in [0.5, 0.6) is 0 Å². The summed E-state index contributed by atoms with van der Waals surface area (Å²) in [5.41, 5.74) is 2.96. The van der Waals surface area contributed by atoms with Gasteiger partial charge in [0, 0.05) is 36.7 Å². The van der Waals surface area contributed by atoms with Gasteiger partial charge in [0.05, 0.1) is 6.20 Å². The van der Waals surface area contributed by atoms with Crippen LogP contribution in [0.25, 0.3) is 0 Å². The molecule has 0 saturated heterocycles. The molecule has 1 aliphatic rings. The van der Waals surface area contributed by atoms with Crippen LogP contribution in [0.3, 0.4) is 0 Å². The lowest BCUT2D eigenvalue weighted by molar-refractivity contribution is -0.118. The number of amides is 2. The van der Waals surface area contributed by atoms with Crippen LogP contribution in [0, 0.1) is 0 Å². The number of fused-ring (bicyclic) bond motifs is 1. The van der Waals surface area contributed by atoms with E-state index in [2.05, 4.69) is 15.3 Å². The normalized spacial score (nSPS) is 13.7. The van der Waals surface area contributed by atoms with Gasteiger partial charge in [0.1, 0.15) is 5.69 Å². The van der Waals surface area contributed by atoms with E-state index in [0.29, 0.717) is 25.1 Å². The van der Waals surface area contributed by atoms with E-state index in [1.165, 1.54) is 18.6 Å². The summed E-state index contributed by atoms with van der Waals surface area (Å²) in [6.45, 7) is 2.61. The molecule has 1 N–H and O–H groups in total. The molecule has 0 unspecified atom stereocenters. The van der Waals surface area contributed by atoms with Crippen molar-refractivity contribution in [2.75, 3.05) is 16.8 Å². The monoisotopic (exact) mass is 296 g/mol. The quantitative estimate of drug-likeness (QED) is 0.940. The van der Waals surface area contributed by atoms with Gasteiger partial charge in [-0.1, -0.05) is 0 Å². The third-order valence-electron chi connectivity index (χ3n) is 3.65. The number of anilines is 2. The number of aromatic nitrogens is 2. The molecule has 112 valence electrons. The van der Waals surface area contributed by atoms with E-state index >= 15 is 0 Å². The Kier molecular flexibility index (Phi) is 3.82. The van der Waals surface area contributed by atoms with Gasteiger partial charge in [0.2, 0.25) is 5.91 Å². The summed E-state index contributed by atoms with van der Waals surface area (Å²) in [7, 11) is 0. The maximum atomic E-state index is 12.1. The van der Waals surface area contributed by atoms with Gasteiger partial charge in [-0.3, -0.25) is 14.6 Å². The number of benzene rings is 1. The molecule has 0 aliphatic carbocycles. The van der Waals surface area contributed by atoms with Gasteiger partial charge in [0.15, 0.2) is 0 Å². The molecule has 0 atom stereocenters. The Balaban J connectivity index is 1.82. The zero-order valence-corrected chi connectivity index (χ0v) is 12.2. The van der Waals surface area contributed by atoms with Crippen LogP contribution in [-0.2, 0) is 11.2 Å². The Bertz CT molecular complexity index is 715. The average molecular weight is 296 g/mol. The predicted octanol–water partition coefficient (Wildman–Crippen LogP) is 2.03. The summed E-state index contributed by atoms with van der Waals surface area (Å²) < 4.78 is 0. The number of carbonyl (C=O) groups excluding carboxylic acids is 2. The van der Waals surface area contributed by atoms with Crippen molar-refractivity contribution in [3.8, 4) is 0 Å². The first-order chi connectivity index (χ1) is 10.7. The molecule has 1 aromatic carbocycles. The van der Waals surface area contributed by atoms with Crippen molar-refractivity contribution in [3.05, 3.63) is 48.0 Å². The highest BCUT2D eigenvalue weighted by Gasteiger charge is 2.23. The van der Waals surface area contributed by atoms with E-state index in [4.69, 9.17) is 0 Å². The van der Waals surface area contributed by atoms with Gasteiger partial charge >= 0.3 is 0 Å². The van der Waals surface area contributed by atoms with Crippen molar-refractivity contribution < 1.29 is 9.59 Å². The second-order valence-corrected chi connectivity index (χ2v) is 5.03. The molecule has 3 rings (SSSR count). The molecule has 0 saturated carbocycles. The fourth-order valence-corrected chi connectivity index (χ4v) is 2.60. The molecule has 22 heavy (non-hydrogen) atoms. The largest absolute Gasteiger partial charge is 0.321 e. The molecule has 1 aliphatic heterocycles. The van der Waals surface area contributed by atoms with E-state index in [-0.39, 0.29) is 17.5 Å². The van der Waals surface area contributed by atoms with Gasteiger partial charge in [0.25, 0.3) is 5.91 Å². The van der Waals surface area contributed by atoms with Crippen LogP contribution in [0.2, 0.25) is 0 Å². The first-order valence-corrected chi connectivity index (χ1v) is 7.19. The van der Waals surface area contributed by atoms with E-state index in [1.807, 2.05) is 19.1 Å². The van der Waals surface area contributed by atoms with Crippen molar-refractivity contribution in [1.82, 2.24) is 9.97 Å². The smallest absolute Gasteiger partial charge is 0.275 e. The second-order valence-electron chi connectivity index (χ2n) is 5.03. The van der Waals surface area contributed by atoms with Crippen molar-refractivity contribution in [1.29, 1.82) is 0 Å². The lowest BCUT2D eigenvalue weighted by Crippen LogP contribution is -2.34. The summed E-state index contributed by atoms with van der Waals surface area (Å²) >= 11 is 0. The molecule has 6 nitrogen and oxygen atoms in total. The molecule has 0 bridgehead atoms. The summed E-state index contributed by atoms with van der Waals surface area (Å²) in [5, 5.41) is 2.81. The van der Waals surface area contributed by atoms with Crippen LogP contribution in [0.4, 0.5) is 11.4 Å². The fraction of sp³-hybridized carbons (Fsp3) is 0.250. The van der Waals surface area contributed by atoms with Crippen LogP contribution < -0.4 is 10.2 Å². The fourth-order valence-electron chi connectivity index (χ4n) is 2.60. The van der Waals surface area contributed by atoms with Gasteiger partial charge in [-0.15, -0.1) is 0 Å². The van der Waals surface area contributed by atoms with Crippen molar-refractivity contribution in [2.24, 2.45) is 0 Å². The summed E-state index contributed by atoms with van der Waals surface area (Å²) in [6.07, 6.45) is 5.62. The average Bonchev–Trinajstić information content (AvgIpc) is 2.55. The van der Waals surface area contributed by atoms with Crippen LogP contribution in [-0.4, -0.2) is 28.3 Å². The molecule has 0 spiro atoms. The highest BCUT2D eigenvalue weighted by Crippen LogP contribution is 2.30. The van der Waals surface area contributed by atoms with E-state index in [0.717, 1.165) is 11.3 Å². The molecule has 0 fully saturated rings. The minimum absolute atomic E-state index is 0.145. The summed E-state index contributed by atoms with van der Waals surface area (Å²) in [6, 6.07) is 5.59. The van der Waals surface area contributed by atoms with Crippen LogP contribution >= 0.6 is 0 Å². The molecule has 2 heterocycles. The van der Waals surface area contributed by atoms with Crippen molar-refractivity contribution in [2.45, 2.75) is 19.8 Å². The lowest BCUT2D eigenvalue weighted by atomic mass is 10.0. The maximum Gasteiger partial charge on any atom is 0.275 e. The highest BCUT2D eigenvalue weighted by atomic mass is 16.2. The minimum atomic E-state index is -0.299. The maximum absolute atomic E-state index is 12.1. The standard InChI is InChI=1S/C16H16N4O2/c1-2-20-14-5-4-12(9-11(14)3-6-15(20)21)19-16(22)13-10-17-7-8-18-13/h4-5,7-10H,2-3,6H2,1H3,(H,19,22). The topological polar surface area (TPSA) is 75.2 Å². The molecule has 1 aromatic heterocycles. The van der Waals surface area contributed by atoms with Gasteiger partial charge in [-0.25, -0.2) is 4.98 Å². The Morgan fingerprint density at radius 1 is 1.32 bits per heavy atom. The van der Waals surface area contributed by atoms with Gasteiger partial charge in [-0.05, 0) is 37.1 Å². The molecule has 0 radical (unpaired) electrons. The van der Waals surface area contributed by atoms with Crippen molar-refractivity contribution >= 4 is 23.2 Å². The highest BCUT2D eigenvalue weighted by molar-refractivity contribution is 6.03. The third-order valence-corrected chi connectivity index (χ3v) is 3.65. The number of nitrogens with zero attached hydrogens (tertiary/aromatic N) is 3. The number of carbonyl (C=O) groups is 2. The number of aryl methyl sites for hydroxylation is 1. The van der Waals surface area contributed by atoms with Gasteiger partial charge in [-0.2, -0.15) is 0 Å². The van der Waals surface area contributed by atoms with E-state index in [9.17, 15) is 9.59 Å². The Labute approximate surface area is 128 Å². The molecule has 2 amide bonds. The number of hydrogen-bond donors (Lipinski definition) is 1.